The van der Waals surface area contributed by atoms with Crippen LogP contribution in [-0.4, -0.2) is 27.1 Å². The molecule has 2 atom stereocenters. The Hall–Kier alpha value is -2.02. The summed E-state index contributed by atoms with van der Waals surface area (Å²) in [6.45, 7) is 6.67. The Labute approximate surface area is 132 Å². The minimum atomic E-state index is -0.679. The van der Waals surface area contributed by atoms with Crippen LogP contribution in [0.2, 0.25) is 0 Å². The van der Waals surface area contributed by atoms with Crippen molar-refractivity contribution in [1.82, 2.24) is 14.1 Å². The molecule has 2 heterocycles. The van der Waals surface area contributed by atoms with Crippen molar-refractivity contribution in [2.45, 2.75) is 20.8 Å². The fraction of sp³-hybridized carbons (Fsp3) is 0.467. The van der Waals surface area contributed by atoms with Gasteiger partial charge in [0, 0.05) is 12.5 Å². The highest BCUT2D eigenvalue weighted by Gasteiger charge is 2.45. The van der Waals surface area contributed by atoms with E-state index in [9.17, 15) is 9.59 Å². The maximum Gasteiger partial charge on any atom is 0.237 e. The van der Waals surface area contributed by atoms with E-state index in [-0.39, 0.29) is 23.1 Å². The molecule has 0 aliphatic carbocycles. The lowest BCUT2D eigenvalue weighted by atomic mass is 9.74. The first-order valence-corrected chi connectivity index (χ1v) is 7.91. The van der Waals surface area contributed by atoms with Gasteiger partial charge in [0.2, 0.25) is 11.8 Å². The molecule has 22 heavy (non-hydrogen) atoms. The Kier molecular flexibility index (Phi) is 3.60. The maximum absolute atomic E-state index is 12.6. The van der Waals surface area contributed by atoms with Gasteiger partial charge in [-0.05, 0) is 17.5 Å². The van der Waals surface area contributed by atoms with Crippen molar-refractivity contribution in [1.29, 1.82) is 0 Å². The molecule has 2 aromatic rings. The molecule has 0 radical (unpaired) electrons. The van der Waals surface area contributed by atoms with Crippen LogP contribution in [0.25, 0.3) is 11.0 Å². The summed E-state index contributed by atoms with van der Waals surface area (Å²) in [4.78, 5) is 24.7. The quantitative estimate of drug-likeness (QED) is 0.830. The largest absolute Gasteiger partial charge is 0.355 e. The SMILES string of the molecule is CC(C)(C)[C@H]1CNC(=O)[C@H]1C(=O)Nc1cccc2nsnc12. The van der Waals surface area contributed by atoms with Gasteiger partial charge in [0.1, 0.15) is 17.0 Å². The lowest BCUT2D eigenvalue weighted by Gasteiger charge is -2.29. The van der Waals surface area contributed by atoms with Crippen LogP contribution >= 0.6 is 11.7 Å². The molecule has 0 unspecified atom stereocenters. The van der Waals surface area contributed by atoms with Crippen LogP contribution in [0.15, 0.2) is 18.2 Å². The van der Waals surface area contributed by atoms with Crippen LogP contribution < -0.4 is 10.6 Å². The van der Waals surface area contributed by atoms with Crippen LogP contribution in [0, 0.1) is 17.3 Å². The van der Waals surface area contributed by atoms with E-state index in [1.54, 1.807) is 6.07 Å². The predicted octanol–water partition coefficient (Wildman–Crippen LogP) is 2.04. The molecule has 2 N–H and O–H groups in total. The standard InChI is InChI=1S/C15H18N4O2S/c1-15(2,3)8-7-16-13(20)11(8)14(21)17-9-5-4-6-10-12(9)19-22-18-10/h4-6,8,11H,7H2,1-3H3,(H,16,20)(H,17,21)/t8-,11-/m0/s1. The van der Waals surface area contributed by atoms with E-state index in [1.165, 1.54) is 0 Å². The molecule has 7 heteroatoms. The highest BCUT2D eigenvalue weighted by molar-refractivity contribution is 7.00. The third-order valence-corrected chi connectivity index (χ3v) is 4.66. The molecule has 2 amide bonds. The van der Waals surface area contributed by atoms with Crippen LogP contribution in [-0.2, 0) is 9.59 Å². The van der Waals surface area contributed by atoms with Crippen molar-refractivity contribution >= 4 is 40.3 Å². The average Bonchev–Trinajstić information content (AvgIpc) is 3.04. The molecule has 0 spiro atoms. The molecule has 3 rings (SSSR count). The molecular weight excluding hydrogens is 300 g/mol. The summed E-state index contributed by atoms with van der Waals surface area (Å²) in [6.07, 6.45) is 0. The first-order chi connectivity index (χ1) is 10.4. The molecule has 1 saturated heterocycles. The number of nitrogens with zero attached hydrogens (tertiary/aromatic N) is 2. The lowest BCUT2D eigenvalue weighted by molar-refractivity contribution is -0.132. The van der Waals surface area contributed by atoms with Gasteiger partial charge in [-0.15, -0.1) is 0 Å². The zero-order chi connectivity index (χ0) is 15.9. The number of anilines is 1. The molecule has 1 aliphatic rings. The third-order valence-electron chi connectivity index (χ3n) is 4.12. The van der Waals surface area contributed by atoms with Crippen molar-refractivity contribution in [2.24, 2.45) is 17.3 Å². The number of aromatic nitrogens is 2. The monoisotopic (exact) mass is 318 g/mol. The van der Waals surface area contributed by atoms with Crippen LogP contribution in [0.4, 0.5) is 5.69 Å². The Morgan fingerprint density at radius 3 is 2.86 bits per heavy atom. The Bertz CT molecular complexity index is 734. The molecule has 1 aliphatic heterocycles. The van der Waals surface area contributed by atoms with Crippen LogP contribution in [0.5, 0.6) is 0 Å². The number of rotatable bonds is 2. The van der Waals surface area contributed by atoms with Gasteiger partial charge in [0.05, 0.1) is 17.4 Å². The maximum atomic E-state index is 12.6. The smallest absolute Gasteiger partial charge is 0.237 e. The highest BCUT2D eigenvalue weighted by Crippen LogP contribution is 2.36. The normalized spacial score (nSPS) is 21.9. The summed E-state index contributed by atoms with van der Waals surface area (Å²) >= 11 is 1.10. The molecule has 116 valence electrons. The van der Waals surface area contributed by atoms with Crippen molar-refractivity contribution in [3.8, 4) is 0 Å². The second-order valence-corrected chi connectivity index (χ2v) is 7.15. The molecular formula is C15H18N4O2S. The number of amides is 2. The zero-order valence-corrected chi connectivity index (χ0v) is 13.5. The van der Waals surface area contributed by atoms with Crippen molar-refractivity contribution in [3.63, 3.8) is 0 Å². The second kappa shape index (κ2) is 5.31. The van der Waals surface area contributed by atoms with E-state index < -0.39 is 5.92 Å². The molecule has 0 saturated carbocycles. The van der Waals surface area contributed by atoms with E-state index in [1.807, 2.05) is 32.9 Å². The van der Waals surface area contributed by atoms with Gasteiger partial charge in [-0.2, -0.15) is 8.75 Å². The van der Waals surface area contributed by atoms with Crippen LogP contribution in [0.1, 0.15) is 20.8 Å². The van der Waals surface area contributed by atoms with Crippen molar-refractivity contribution in [2.75, 3.05) is 11.9 Å². The van der Waals surface area contributed by atoms with Crippen molar-refractivity contribution in [3.05, 3.63) is 18.2 Å². The summed E-state index contributed by atoms with van der Waals surface area (Å²) in [5.74, 6) is -1.20. The summed E-state index contributed by atoms with van der Waals surface area (Å²) in [5.41, 5.74) is 1.87. The summed E-state index contributed by atoms with van der Waals surface area (Å²) in [7, 11) is 0. The van der Waals surface area contributed by atoms with E-state index in [0.29, 0.717) is 17.7 Å². The number of fused-ring (bicyclic) bond motifs is 1. The minimum absolute atomic E-state index is 0.0345. The number of hydrogen-bond donors (Lipinski definition) is 2. The average molecular weight is 318 g/mol. The van der Waals surface area contributed by atoms with Gasteiger partial charge in [-0.1, -0.05) is 26.8 Å². The van der Waals surface area contributed by atoms with Gasteiger partial charge in [-0.25, -0.2) is 0 Å². The Balaban J connectivity index is 1.87. The van der Waals surface area contributed by atoms with Crippen LogP contribution in [0.3, 0.4) is 0 Å². The van der Waals surface area contributed by atoms with E-state index in [4.69, 9.17) is 0 Å². The fourth-order valence-corrected chi connectivity index (χ4v) is 3.40. The number of carbonyl (C=O) groups excluding carboxylic acids is 2. The number of hydrogen-bond acceptors (Lipinski definition) is 5. The van der Waals surface area contributed by atoms with E-state index in [0.717, 1.165) is 17.2 Å². The molecule has 0 bridgehead atoms. The third kappa shape index (κ3) is 2.56. The zero-order valence-electron chi connectivity index (χ0n) is 12.7. The summed E-state index contributed by atoms with van der Waals surface area (Å²) in [5, 5.41) is 5.65. The van der Waals surface area contributed by atoms with E-state index >= 15 is 0 Å². The number of carbonyl (C=O) groups is 2. The number of nitrogens with one attached hydrogen (secondary N) is 2. The fourth-order valence-electron chi connectivity index (χ4n) is 2.85. The predicted molar refractivity (Wildman–Crippen MR) is 85.5 cm³/mol. The first kappa shape index (κ1) is 14.9. The second-order valence-electron chi connectivity index (χ2n) is 6.62. The van der Waals surface area contributed by atoms with Gasteiger partial charge in [-0.3, -0.25) is 9.59 Å². The van der Waals surface area contributed by atoms with Gasteiger partial charge >= 0.3 is 0 Å². The molecule has 1 aromatic carbocycles. The Morgan fingerprint density at radius 2 is 2.14 bits per heavy atom. The lowest BCUT2D eigenvalue weighted by Crippen LogP contribution is -2.37. The minimum Gasteiger partial charge on any atom is -0.355 e. The summed E-state index contributed by atoms with van der Waals surface area (Å²) < 4.78 is 8.35. The van der Waals surface area contributed by atoms with Gasteiger partial charge in [0.15, 0.2) is 0 Å². The topological polar surface area (TPSA) is 84.0 Å². The molecule has 1 fully saturated rings. The molecule has 6 nitrogen and oxygen atoms in total. The Morgan fingerprint density at radius 1 is 1.36 bits per heavy atom. The van der Waals surface area contributed by atoms with Crippen molar-refractivity contribution < 1.29 is 9.59 Å². The molecule has 1 aromatic heterocycles. The summed E-state index contributed by atoms with van der Waals surface area (Å²) in [6, 6.07) is 5.44. The first-order valence-electron chi connectivity index (χ1n) is 7.18. The van der Waals surface area contributed by atoms with Gasteiger partial charge in [0.25, 0.3) is 0 Å². The number of benzene rings is 1. The highest BCUT2D eigenvalue weighted by atomic mass is 32.1. The van der Waals surface area contributed by atoms with E-state index in [2.05, 4.69) is 19.4 Å². The van der Waals surface area contributed by atoms with Gasteiger partial charge < -0.3 is 10.6 Å².